The van der Waals surface area contributed by atoms with Gasteiger partial charge in [0.25, 0.3) is 5.91 Å². The van der Waals surface area contributed by atoms with Crippen LogP contribution in [0.25, 0.3) is 0 Å². The molecule has 0 bridgehead atoms. The summed E-state index contributed by atoms with van der Waals surface area (Å²) in [5.41, 5.74) is 1.27. The van der Waals surface area contributed by atoms with Crippen LogP contribution in [-0.4, -0.2) is 64.9 Å². The number of hydrogen-bond acceptors (Lipinski definition) is 5. The molecule has 2 fully saturated rings. The SMILES string of the molecule is CN(C)S(=O)(=O)c1ccc(N2CCCC2)c(C(=O)NC2CCCNC2)c1.Cl. The van der Waals surface area contributed by atoms with Gasteiger partial charge in [0, 0.05) is 45.5 Å². The van der Waals surface area contributed by atoms with Gasteiger partial charge in [0.1, 0.15) is 0 Å². The number of nitrogens with one attached hydrogen (secondary N) is 2. The third-order valence-corrected chi connectivity index (χ3v) is 6.88. The fraction of sp³-hybridized carbons (Fsp3) is 0.611. The molecule has 27 heavy (non-hydrogen) atoms. The fourth-order valence-corrected chi connectivity index (χ4v) is 4.47. The number of nitrogens with zero attached hydrogens (tertiary/aromatic N) is 2. The van der Waals surface area contributed by atoms with Crippen LogP contribution in [0.1, 0.15) is 36.0 Å². The Hall–Kier alpha value is -1.35. The van der Waals surface area contributed by atoms with E-state index in [1.807, 2.05) is 0 Å². The number of rotatable bonds is 5. The van der Waals surface area contributed by atoms with Gasteiger partial charge in [0.05, 0.1) is 10.5 Å². The van der Waals surface area contributed by atoms with Gasteiger partial charge in [0.15, 0.2) is 0 Å². The molecule has 1 amide bonds. The number of sulfonamides is 1. The van der Waals surface area contributed by atoms with Crippen molar-refractivity contribution in [2.24, 2.45) is 0 Å². The number of carbonyl (C=O) groups is 1. The van der Waals surface area contributed by atoms with Crippen molar-refractivity contribution in [1.82, 2.24) is 14.9 Å². The maximum absolute atomic E-state index is 13.0. The summed E-state index contributed by atoms with van der Waals surface area (Å²) < 4.78 is 26.2. The van der Waals surface area contributed by atoms with E-state index < -0.39 is 10.0 Å². The third-order valence-electron chi connectivity index (χ3n) is 5.07. The topological polar surface area (TPSA) is 81.8 Å². The number of halogens is 1. The van der Waals surface area contributed by atoms with Gasteiger partial charge in [-0.3, -0.25) is 4.79 Å². The van der Waals surface area contributed by atoms with Crippen molar-refractivity contribution >= 4 is 34.0 Å². The zero-order valence-corrected chi connectivity index (χ0v) is 17.5. The molecular formula is C18H29ClN4O3S. The highest BCUT2D eigenvalue weighted by Gasteiger charge is 2.26. The predicted octanol–water partition coefficient (Wildman–Crippen LogP) is 1.44. The van der Waals surface area contributed by atoms with Gasteiger partial charge < -0.3 is 15.5 Å². The molecule has 152 valence electrons. The van der Waals surface area contributed by atoms with E-state index >= 15 is 0 Å². The normalized spacial score (nSPS) is 20.4. The zero-order chi connectivity index (χ0) is 18.7. The summed E-state index contributed by atoms with van der Waals surface area (Å²) in [6.45, 7) is 3.51. The van der Waals surface area contributed by atoms with Crippen molar-refractivity contribution in [2.45, 2.75) is 36.6 Å². The summed E-state index contributed by atoms with van der Waals surface area (Å²) in [7, 11) is -0.589. The monoisotopic (exact) mass is 416 g/mol. The molecule has 2 aliphatic heterocycles. The van der Waals surface area contributed by atoms with Crippen LogP contribution < -0.4 is 15.5 Å². The van der Waals surface area contributed by atoms with E-state index in [4.69, 9.17) is 0 Å². The van der Waals surface area contributed by atoms with Crippen LogP contribution in [0.3, 0.4) is 0 Å². The third kappa shape index (κ3) is 4.93. The second-order valence-corrected chi connectivity index (χ2v) is 9.33. The van der Waals surface area contributed by atoms with Crippen molar-refractivity contribution in [3.8, 4) is 0 Å². The first-order chi connectivity index (χ1) is 12.4. The molecule has 1 atom stereocenters. The smallest absolute Gasteiger partial charge is 0.253 e. The maximum Gasteiger partial charge on any atom is 0.253 e. The van der Waals surface area contributed by atoms with Crippen molar-refractivity contribution in [3.05, 3.63) is 23.8 Å². The molecule has 0 aliphatic carbocycles. The van der Waals surface area contributed by atoms with Crippen molar-refractivity contribution in [1.29, 1.82) is 0 Å². The van der Waals surface area contributed by atoms with Crippen LogP contribution in [0.4, 0.5) is 5.69 Å². The summed E-state index contributed by atoms with van der Waals surface area (Å²) in [6, 6.07) is 4.98. The van der Waals surface area contributed by atoms with Gasteiger partial charge in [-0.2, -0.15) is 0 Å². The lowest BCUT2D eigenvalue weighted by atomic mass is 10.1. The largest absolute Gasteiger partial charge is 0.371 e. The summed E-state index contributed by atoms with van der Waals surface area (Å²) in [6.07, 6.45) is 4.14. The number of benzene rings is 1. The quantitative estimate of drug-likeness (QED) is 0.759. The molecule has 1 aromatic rings. The maximum atomic E-state index is 13.0. The Bertz CT molecular complexity index is 758. The molecule has 9 heteroatoms. The molecule has 1 aromatic carbocycles. The molecule has 2 saturated heterocycles. The molecule has 2 aliphatic rings. The Balaban J connectivity index is 0.00000261. The molecule has 1 unspecified atom stereocenters. The number of carbonyl (C=O) groups excluding carboxylic acids is 1. The van der Waals surface area contributed by atoms with E-state index in [-0.39, 0.29) is 29.3 Å². The average molecular weight is 417 g/mol. The highest BCUT2D eigenvalue weighted by atomic mass is 35.5. The molecule has 3 rings (SSSR count). The number of hydrogen-bond donors (Lipinski definition) is 2. The van der Waals surface area contributed by atoms with E-state index in [1.54, 1.807) is 12.1 Å². The first kappa shape index (κ1) is 21.9. The minimum absolute atomic E-state index is 0. The van der Waals surface area contributed by atoms with Gasteiger partial charge in [-0.1, -0.05) is 0 Å². The lowest BCUT2D eigenvalue weighted by Crippen LogP contribution is -2.45. The first-order valence-electron chi connectivity index (χ1n) is 9.22. The predicted molar refractivity (Wildman–Crippen MR) is 109 cm³/mol. The minimum atomic E-state index is -3.58. The van der Waals surface area contributed by atoms with Crippen LogP contribution in [0.15, 0.2) is 23.1 Å². The lowest BCUT2D eigenvalue weighted by Gasteiger charge is -2.26. The van der Waals surface area contributed by atoms with Crippen LogP contribution in [0.5, 0.6) is 0 Å². The Morgan fingerprint density at radius 2 is 1.93 bits per heavy atom. The summed E-state index contributed by atoms with van der Waals surface area (Å²) in [4.78, 5) is 15.3. The molecule has 0 saturated carbocycles. The van der Waals surface area contributed by atoms with Crippen LogP contribution in [0, 0.1) is 0 Å². The van der Waals surface area contributed by atoms with Gasteiger partial charge in [-0.15, -0.1) is 12.4 Å². The van der Waals surface area contributed by atoms with E-state index in [1.165, 1.54) is 24.5 Å². The Labute approximate surface area is 167 Å². The standard InChI is InChI=1S/C18H28N4O3S.ClH/c1-21(2)26(24,25)15-7-8-17(22-10-3-4-11-22)16(12-15)18(23)20-14-6-5-9-19-13-14;/h7-8,12,14,19H,3-6,9-11,13H2,1-2H3,(H,20,23);1H. The van der Waals surface area contributed by atoms with Crippen LogP contribution >= 0.6 is 12.4 Å². The van der Waals surface area contributed by atoms with E-state index in [0.29, 0.717) is 5.56 Å². The number of amides is 1. The minimum Gasteiger partial charge on any atom is -0.371 e. The summed E-state index contributed by atoms with van der Waals surface area (Å²) >= 11 is 0. The Morgan fingerprint density at radius 3 is 2.52 bits per heavy atom. The average Bonchev–Trinajstić information content (AvgIpc) is 3.16. The Morgan fingerprint density at radius 1 is 1.22 bits per heavy atom. The fourth-order valence-electron chi connectivity index (χ4n) is 3.54. The van der Waals surface area contributed by atoms with Gasteiger partial charge in [-0.25, -0.2) is 12.7 Å². The number of anilines is 1. The second-order valence-electron chi connectivity index (χ2n) is 7.18. The highest BCUT2D eigenvalue weighted by Crippen LogP contribution is 2.28. The summed E-state index contributed by atoms with van der Waals surface area (Å²) in [5, 5.41) is 6.35. The van der Waals surface area contributed by atoms with E-state index in [9.17, 15) is 13.2 Å². The van der Waals surface area contributed by atoms with Crippen molar-refractivity contribution in [2.75, 3.05) is 45.2 Å². The van der Waals surface area contributed by atoms with Gasteiger partial charge in [-0.05, 0) is 50.4 Å². The van der Waals surface area contributed by atoms with E-state index in [0.717, 1.165) is 57.5 Å². The first-order valence-corrected chi connectivity index (χ1v) is 10.7. The Kier molecular flexibility index (Phi) is 7.50. The van der Waals surface area contributed by atoms with Crippen molar-refractivity contribution in [3.63, 3.8) is 0 Å². The molecule has 7 nitrogen and oxygen atoms in total. The van der Waals surface area contributed by atoms with Gasteiger partial charge >= 0.3 is 0 Å². The molecule has 2 heterocycles. The molecule has 0 radical (unpaired) electrons. The second kappa shape index (κ2) is 9.23. The van der Waals surface area contributed by atoms with E-state index in [2.05, 4.69) is 15.5 Å². The molecule has 0 spiro atoms. The lowest BCUT2D eigenvalue weighted by molar-refractivity contribution is 0.0931. The molecular weight excluding hydrogens is 388 g/mol. The molecule has 2 N–H and O–H groups in total. The number of piperidine rings is 1. The van der Waals surface area contributed by atoms with Crippen molar-refractivity contribution < 1.29 is 13.2 Å². The zero-order valence-electron chi connectivity index (χ0n) is 15.9. The van der Waals surface area contributed by atoms with Crippen LogP contribution in [-0.2, 0) is 10.0 Å². The van der Waals surface area contributed by atoms with Gasteiger partial charge in [0.2, 0.25) is 10.0 Å². The highest BCUT2D eigenvalue weighted by molar-refractivity contribution is 7.89. The summed E-state index contributed by atoms with van der Waals surface area (Å²) in [5.74, 6) is -0.198. The molecule has 0 aromatic heterocycles. The van der Waals surface area contributed by atoms with Crippen LogP contribution in [0.2, 0.25) is 0 Å².